The summed E-state index contributed by atoms with van der Waals surface area (Å²) < 4.78 is 2.24. The molecule has 3 nitrogen and oxygen atoms in total. The van der Waals surface area contributed by atoms with Crippen LogP contribution in [-0.4, -0.2) is 16.8 Å². The number of fused-ring (bicyclic) bond motifs is 1. The maximum Gasteiger partial charge on any atom is 0.0540 e. The third kappa shape index (κ3) is 2.89. The van der Waals surface area contributed by atoms with Crippen molar-refractivity contribution in [2.75, 3.05) is 7.05 Å². The van der Waals surface area contributed by atoms with Crippen molar-refractivity contribution in [1.29, 1.82) is 0 Å². The number of aryl methyl sites for hydroxylation is 1. The molecule has 1 aliphatic rings. The minimum atomic E-state index is 0.514. The van der Waals surface area contributed by atoms with Gasteiger partial charge in [0.1, 0.15) is 0 Å². The van der Waals surface area contributed by atoms with Crippen LogP contribution in [0, 0.1) is 5.92 Å². The van der Waals surface area contributed by atoms with Crippen LogP contribution in [0.1, 0.15) is 56.8 Å². The summed E-state index contributed by atoms with van der Waals surface area (Å²) in [5.41, 5.74) is 2.91. The molecule has 0 aliphatic heterocycles. The number of hydrogen-bond donors (Lipinski definition) is 1. The highest BCUT2D eigenvalue weighted by Crippen LogP contribution is 2.28. The van der Waals surface area contributed by atoms with Crippen molar-refractivity contribution in [3.63, 3.8) is 0 Å². The molecule has 1 atom stereocenters. The molecule has 0 saturated carbocycles. The van der Waals surface area contributed by atoms with Gasteiger partial charge in [-0.05, 0) is 38.6 Å². The van der Waals surface area contributed by atoms with Crippen molar-refractivity contribution in [2.24, 2.45) is 5.92 Å². The zero-order valence-corrected chi connectivity index (χ0v) is 11.4. The van der Waals surface area contributed by atoms with Crippen LogP contribution in [0.5, 0.6) is 0 Å². The van der Waals surface area contributed by atoms with Gasteiger partial charge < -0.3 is 5.32 Å². The number of rotatable bonds is 4. The Morgan fingerprint density at radius 3 is 3.00 bits per heavy atom. The van der Waals surface area contributed by atoms with Gasteiger partial charge in [0.2, 0.25) is 0 Å². The average Bonchev–Trinajstić information content (AvgIpc) is 2.58. The summed E-state index contributed by atoms with van der Waals surface area (Å²) in [6, 6.07) is 0.514. The summed E-state index contributed by atoms with van der Waals surface area (Å²) in [4.78, 5) is 0. The van der Waals surface area contributed by atoms with Crippen molar-refractivity contribution < 1.29 is 0 Å². The Morgan fingerprint density at radius 2 is 2.29 bits per heavy atom. The van der Waals surface area contributed by atoms with Crippen LogP contribution in [0.15, 0.2) is 6.20 Å². The van der Waals surface area contributed by atoms with Gasteiger partial charge in [0, 0.05) is 23.8 Å². The first kappa shape index (κ1) is 12.6. The molecule has 0 aromatic carbocycles. The lowest BCUT2D eigenvalue weighted by Gasteiger charge is -2.14. The normalized spacial score (nSPS) is 20.4. The topological polar surface area (TPSA) is 29.9 Å². The molecule has 96 valence electrons. The van der Waals surface area contributed by atoms with Gasteiger partial charge in [-0.3, -0.25) is 4.68 Å². The zero-order chi connectivity index (χ0) is 12.3. The van der Waals surface area contributed by atoms with E-state index in [0.717, 1.165) is 12.5 Å². The molecule has 0 fully saturated rings. The summed E-state index contributed by atoms with van der Waals surface area (Å²) in [6.45, 7) is 5.63. The molecule has 1 N–H and O–H groups in total. The maximum atomic E-state index is 4.59. The molecule has 1 unspecified atom stereocenters. The number of nitrogens with one attached hydrogen (secondary N) is 1. The molecule has 17 heavy (non-hydrogen) atoms. The highest BCUT2D eigenvalue weighted by atomic mass is 15.3. The second-order valence-electron chi connectivity index (χ2n) is 5.54. The molecule has 1 heterocycles. The van der Waals surface area contributed by atoms with Crippen LogP contribution in [0.25, 0.3) is 0 Å². The average molecular weight is 235 g/mol. The standard InChI is InChI=1S/C14H25N3/c1-11(2)8-9-17-14-7-5-4-6-13(15-3)12(14)10-16-17/h10-11,13,15H,4-9H2,1-3H3. The van der Waals surface area contributed by atoms with E-state index in [-0.39, 0.29) is 0 Å². The Labute approximate surface area is 105 Å². The molecule has 0 amide bonds. The van der Waals surface area contributed by atoms with Crippen molar-refractivity contribution in [3.05, 3.63) is 17.5 Å². The van der Waals surface area contributed by atoms with E-state index in [9.17, 15) is 0 Å². The van der Waals surface area contributed by atoms with Gasteiger partial charge in [-0.25, -0.2) is 0 Å². The summed E-state index contributed by atoms with van der Waals surface area (Å²) >= 11 is 0. The second kappa shape index (κ2) is 5.67. The quantitative estimate of drug-likeness (QED) is 0.813. The first-order valence-electron chi connectivity index (χ1n) is 6.94. The number of aromatic nitrogens is 2. The number of nitrogens with zero attached hydrogens (tertiary/aromatic N) is 2. The summed E-state index contributed by atoms with van der Waals surface area (Å²) in [5.74, 6) is 0.751. The van der Waals surface area contributed by atoms with E-state index in [2.05, 4.69) is 42.2 Å². The molecule has 0 spiro atoms. The minimum Gasteiger partial charge on any atom is -0.313 e. The lowest BCUT2D eigenvalue weighted by Crippen LogP contribution is -2.16. The Morgan fingerprint density at radius 1 is 1.47 bits per heavy atom. The third-order valence-corrected chi connectivity index (χ3v) is 3.78. The Balaban J connectivity index is 2.17. The molecule has 0 saturated heterocycles. The van der Waals surface area contributed by atoms with Crippen LogP contribution in [-0.2, 0) is 13.0 Å². The van der Waals surface area contributed by atoms with E-state index in [0.29, 0.717) is 6.04 Å². The predicted molar refractivity (Wildman–Crippen MR) is 71.0 cm³/mol. The second-order valence-corrected chi connectivity index (χ2v) is 5.54. The first-order chi connectivity index (χ1) is 8.22. The predicted octanol–water partition coefficient (Wildman–Crippen LogP) is 2.92. The summed E-state index contributed by atoms with van der Waals surface area (Å²) in [5, 5.41) is 8.01. The van der Waals surface area contributed by atoms with Crippen LogP contribution in [0.3, 0.4) is 0 Å². The van der Waals surface area contributed by atoms with Crippen LogP contribution < -0.4 is 5.32 Å². The molecule has 0 bridgehead atoms. The molecule has 0 radical (unpaired) electrons. The fraction of sp³-hybridized carbons (Fsp3) is 0.786. The van der Waals surface area contributed by atoms with Gasteiger partial charge in [0.25, 0.3) is 0 Å². The minimum absolute atomic E-state index is 0.514. The van der Waals surface area contributed by atoms with Crippen molar-refractivity contribution in [1.82, 2.24) is 15.1 Å². The van der Waals surface area contributed by atoms with Gasteiger partial charge in [-0.15, -0.1) is 0 Å². The highest BCUT2D eigenvalue weighted by Gasteiger charge is 2.21. The fourth-order valence-electron chi connectivity index (χ4n) is 2.66. The third-order valence-electron chi connectivity index (χ3n) is 3.78. The number of hydrogen-bond acceptors (Lipinski definition) is 2. The largest absolute Gasteiger partial charge is 0.313 e. The molecular weight excluding hydrogens is 210 g/mol. The monoisotopic (exact) mass is 235 g/mol. The smallest absolute Gasteiger partial charge is 0.0540 e. The summed E-state index contributed by atoms with van der Waals surface area (Å²) in [7, 11) is 2.06. The molecule has 2 rings (SSSR count). The molecular formula is C14H25N3. The van der Waals surface area contributed by atoms with E-state index < -0.39 is 0 Å². The molecule has 1 aliphatic carbocycles. The van der Waals surface area contributed by atoms with Crippen molar-refractivity contribution >= 4 is 0 Å². The van der Waals surface area contributed by atoms with Crippen LogP contribution >= 0.6 is 0 Å². The van der Waals surface area contributed by atoms with Crippen molar-refractivity contribution in [2.45, 2.75) is 58.5 Å². The lowest BCUT2D eigenvalue weighted by atomic mass is 10.1. The van der Waals surface area contributed by atoms with E-state index in [1.54, 1.807) is 0 Å². The van der Waals surface area contributed by atoms with Crippen LogP contribution in [0.2, 0.25) is 0 Å². The van der Waals surface area contributed by atoms with Gasteiger partial charge in [-0.2, -0.15) is 5.10 Å². The highest BCUT2D eigenvalue weighted by molar-refractivity contribution is 5.23. The Bertz CT molecular complexity index is 354. The maximum absolute atomic E-state index is 4.59. The van der Waals surface area contributed by atoms with Crippen molar-refractivity contribution in [3.8, 4) is 0 Å². The Hall–Kier alpha value is -0.830. The van der Waals surface area contributed by atoms with Crippen LogP contribution in [0.4, 0.5) is 0 Å². The SMILES string of the molecule is CNC1CCCCc2c1cnn2CCC(C)C. The fourth-order valence-corrected chi connectivity index (χ4v) is 2.66. The zero-order valence-electron chi connectivity index (χ0n) is 11.4. The molecule has 1 aromatic heterocycles. The molecule has 1 aromatic rings. The van der Waals surface area contributed by atoms with E-state index in [4.69, 9.17) is 0 Å². The van der Waals surface area contributed by atoms with E-state index >= 15 is 0 Å². The van der Waals surface area contributed by atoms with Gasteiger partial charge >= 0.3 is 0 Å². The van der Waals surface area contributed by atoms with Gasteiger partial charge in [0.15, 0.2) is 0 Å². The van der Waals surface area contributed by atoms with E-state index in [1.165, 1.54) is 43.4 Å². The van der Waals surface area contributed by atoms with Gasteiger partial charge in [0.05, 0.1) is 6.20 Å². The first-order valence-corrected chi connectivity index (χ1v) is 6.94. The van der Waals surface area contributed by atoms with E-state index in [1.807, 2.05) is 0 Å². The van der Waals surface area contributed by atoms with Gasteiger partial charge in [-0.1, -0.05) is 20.3 Å². The Kier molecular flexibility index (Phi) is 4.21. The molecule has 3 heteroatoms. The summed E-state index contributed by atoms with van der Waals surface area (Å²) in [6.07, 6.45) is 8.38. The lowest BCUT2D eigenvalue weighted by molar-refractivity contribution is 0.473.